The van der Waals surface area contributed by atoms with Crippen LogP contribution in [-0.2, 0) is 16.0 Å². The van der Waals surface area contributed by atoms with Crippen molar-refractivity contribution in [3.8, 4) is 0 Å². The van der Waals surface area contributed by atoms with E-state index in [1.54, 1.807) is 13.2 Å². The summed E-state index contributed by atoms with van der Waals surface area (Å²) in [5.41, 5.74) is 3.11. The Morgan fingerprint density at radius 3 is 2.59 bits per heavy atom. The molecule has 2 fully saturated rings. The average Bonchev–Trinajstić information content (AvgIpc) is 3.17. The molecule has 1 amide bonds. The van der Waals surface area contributed by atoms with Crippen molar-refractivity contribution in [1.29, 1.82) is 0 Å². The summed E-state index contributed by atoms with van der Waals surface area (Å²) in [4.78, 5) is 31.4. The second-order valence-corrected chi connectivity index (χ2v) is 11.0. The molecule has 2 saturated heterocycles. The van der Waals surface area contributed by atoms with Gasteiger partial charge >= 0.3 is 5.63 Å². The predicted molar refractivity (Wildman–Crippen MR) is 145 cm³/mol. The summed E-state index contributed by atoms with van der Waals surface area (Å²) in [6.07, 6.45) is 6.96. The molecule has 37 heavy (non-hydrogen) atoms. The van der Waals surface area contributed by atoms with Gasteiger partial charge in [-0.25, -0.2) is 4.79 Å². The van der Waals surface area contributed by atoms with E-state index in [0.29, 0.717) is 41.8 Å². The monoisotopic (exact) mass is 508 g/mol. The molecule has 1 aromatic carbocycles. The number of carbonyl (C=O) groups is 1. The highest BCUT2D eigenvalue weighted by Crippen LogP contribution is 2.33. The molecule has 0 N–H and O–H groups in total. The largest absolute Gasteiger partial charge is 0.461 e. The van der Waals surface area contributed by atoms with E-state index in [9.17, 15) is 9.59 Å². The molecule has 7 nitrogen and oxygen atoms in total. The summed E-state index contributed by atoms with van der Waals surface area (Å²) in [7, 11) is 1.69. The van der Waals surface area contributed by atoms with E-state index in [1.807, 2.05) is 31.7 Å². The van der Waals surface area contributed by atoms with Crippen LogP contribution in [0.1, 0.15) is 61.0 Å². The van der Waals surface area contributed by atoms with E-state index >= 15 is 0 Å². The third kappa shape index (κ3) is 5.21. The average molecular weight is 509 g/mol. The van der Waals surface area contributed by atoms with Crippen LogP contribution in [-0.4, -0.2) is 61.6 Å². The zero-order valence-corrected chi connectivity index (χ0v) is 22.7. The number of rotatable bonds is 8. The standard InChI is InChI=1S/C30H40N2O5/c1-19-21(3)36-27-17-28-24(15-23(19)27)20(2)25(30(34)37-28)16-29(33)32(13-8-14-35-4)18-22-9-7-12-31-11-6-5-10-26(22)31/h15,17,22,26H,5-14,16,18H2,1-4H3. The second-order valence-electron chi connectivity index (χ2n) is 11.0. The van der Waals surface area contributed by atoms with Gasteiger partial charge < -0.3 is 23.4 Å². The Morgan fingerprint density at radius 1 is 1.03 bits per heavy atom. The minimum atomic E-state index is -0.439. The van der Waals surface area contributed by atoms with Crippen molar-refractivity contribution in [2.24, 2.45) is 5.92 Å². The Kier molecular flexibility index (Phi) is 7.72. The lowest BCUT2D eigenvalue weighted by Crippen LogP contribution is -2.52. The Hall–Kier alpha value is -2.64. The van der Waals surface area contributed by atoms with Crippen LogP contribution in [0.3, 0.4) is 0 Å². The Morgan fingerprint density at radius 2 is 1.78 bits per heavy atom. The first kappa shape index (κ1) is 26.0. The number of methoxy groups -OCH3 is 1. The van der Waals surface area contributed by atoms with Crippen molar-refractivity contribution in [2.45, 2.75) is 71.8 Å². The zero-order chi connectivity index (χ0) is 26.1. The van der Waals surface area contributed by atoms with Gasteiger partial charge in [0, 0.05) is 49.7 Å². The van der Waals surface area contributed by atoms with Crippen LogP contribution in [0.15, 0.2) is 25.8 Å². The van der Waals surface area contributed by atoms with Gasteiger partial charge in [0.05, 0.1) is 12.0 Å². The number of ether oxygens (including phenoxy) is 1. The number of furan rings is 1. The maximum atomic E-state index is 13.7. The van der Waals surface area contributed by atoms with E-state index in [0.717, 1.165) is 47.0 Å². The fourth-order valence-corrected chi connectivity index (χ4v) is 6.48. The van der Waals surface area contributed by atoms with Gasteiger partial charge in [-0.05, 0) is 89.1 Å². The minimum absolute atomic E-state index is 0.00444. The molecule has 0 radical (unpaired) electrons. The third-order valence-corrected chi connectivity index (χ3v) is 8.72. The van der Waals surface area contributed by atoms with Crippen LogP contribution in [0.4, 0.5) is 0 Å². The molecule has 2 aliphatic rings. The van der Waals surface area contributed by atoms with Crippen molar-refractivity contribution in [1.82, 2.24) is 9.80 Å². The summed E-state index contributed by atoms with van der Waals surface area (Å²) in [5.74, 6) is 1.33. The van der Waals surface area contributed by atoms with Crippen LogP contribution in [0.25, 0.3) is 21.9 Å². The van der Waals surface area contributed by atoms with Crippen LogP contribution in [0.5, 0.6) is 0 Å². The maximum Gasteiger partial charge on any atom is 0.340 e. The minimum Gasteiger partial charge on any atom is -0.461 e. The second kappa shape index (κ2) is 11.0. The molecule has 200 valence electrons. The van der Waals surface area contributed by atoms with E-state index in [-0.39, 0.29) is 12.3 Å². The van der Waals surface area contributed by atoms with E-state index in [4.69, 9.17) is 13.6 Å². The topological polar surface area (TPSA) is 76.1 Å². The first-order valence-corrected chi connectivity index (χ1v) is 13.8. The number of benzene rings is 1. The van der Waals surface area contributed by atoms with Crippen LogP contribution in [0.2, 0.25) is 0 Å². The maximum absolute atomic E-state index is 13.7. The Bertz CT molecular complexity index is 1340. The van der Waals surface area contributed by atoms with Crippen LogP contribution < -0.4 is 5.63 Å². The molecule has 2 aliphatic heterocycles. The van der Waals surface area contributed by atoms with Crippen LogP contribution in [0, 0.1) is 26.7 Å². The fourth-order valence-electron chi connectivity index (χ4n) is 6.48. The van der Waals surface area contributed by atoms with E-state index < -0.39 is 5.63 Å². The molecular weight excluding hydrogens is 468 g/mol. The summed E-state index contributed by atoms with van der Waals surface area (Å²) in [6, 6.07) is 4.39. The molecule has 0 bridgehead atoms. The Balaban J connectivity index is 1.41. The molecule has 0 saturated carbocycles. The number of piperidine rings is 2. The molecule has 2 atom stereocenters. The molecule has 0 aliphatic carbocycles. The highest BCUT2D eigenvalue weighted by atomic mass is 16.5. The molecular formula is C30H40N2O5. The number of aryl methyl sites for hydroxylation is 3. The van der Waals surface area contributed by atoms with Gasteiger partial charge in [0.2, 0.25) is 5.91 Å². The molecule has 5 rings (SSSR count). The zero-order valence-electron chi connectivity index (χ0n) is 22.7. The summed E-state index contributed by atoms with van der Waals surface area (Å²) in [5, 5.41) is 1.87. The van der Waals surface area contributed by atoms with Crippen LogP contribution >= 0.6 is 0 Å². The molecule has 4 heterocycles. The smallest absolute Gasteiger partial charge is 0.340 e. The van der Waals surface area contributed by atoms with Gasteiger partial charge in [-0.3, -0.25) is 4.79 Å². The van der Waals surface area contributed by atoms with Gasteiger partial charge in [-0.1, -0.05) is 6.42 Å². The lowest BCUT2D eigenvalue weighted by atomic mass is 9.83. The lowest BCUT2D eigenvalue weighted by Gasteiger charge is -2.45. The van der Waals surface area contributed by atoms with Gasteiger partial charge in [0.25, 0.3) is 0 Å². The van der Waals surface area contributed by atoms with Crippen molar-refractivity contribution in [2.75, 3.05) is 39.9 Å². The van der Waals surface area contributed by atoms with E-state index in [2.05, 4.69) is 4.90 Å². The predicted octanol–water partition coefficient (Wildman–Crippen LogP) is 5.14. The number of hydrogen-bond acceptors (Lipinski definition) is 6. The normalized spacial score (nSPS) is 20.4. The molecule has 3 aromatic rings. The highest BCUT2D eigenvalue weighted by Gasteiger charge is 2.34. The number of carbonyl (C=O) groups excluding carboxylic acids is 1. The highest BCUT2D eigenvalue weighted by molar-refractivity contribution is 5.97. The van der Waals surface area contributed by atoms with Crippen molar-refractivity contribution >= 4 is 27.8 Å². The van der Waals surface area contributed by atoms with Gasteiger partial charge in [-0.15, -0.1) is 0 Å². The molecule has 2 aromatic heterocycles. The van der Waals surface area contributed by atoms with Gasteiger partial charge in [0.15, 0.2) is 0 Å². The van der Waals surface area contributed by atoms with Crippen molar-refractivity contribution < 1.29 is 18.4 Å². The summed E-state index contributed by atoms with van der Waals surface area (Å²) in [6.45, 7) is 10.2. The number of nitrogens with zero attached hydrogens (tertiary/aromatic N) is 2. The van der Waals surface area contributed by atoms with Crippen molar-refractivity contribution in [3.63, 3.8) is 0 Å². The first-order chi connectivity index (χ1) is 17.9. The summed E-state index contributed by atoms with van der Waals surface area (Å²) < 4.78 is 16.8. The van der Waals surface area contributed by atoms with E-state index in [1.165, 1.54) is 38.8 Å². The number of amides is 1. The van der Waals surface area contributed by atoms with Crippen molar-refractivity contribution in [3.05, 3.63) is 45.0 Å². The fraction of sp³-hybridized carbons (Fsp3) is 0.600. The molecule has 2 unspecified atom stereocenters. The first-order valence-electron chi connectivity index (χ1n) is 13.8. The van der Waals surface area contributed by atoms with Gasteiger partial charge in [-0.2, -0.15) is 0 Å². The lowest BCUT2D eigenvalue weighted by molar-refractivity contribution is -0.132. The van der Waals surface area contributed by atoms with Gasteiger partial charge in [0.1, 0.15) is 16.9 Å². The Labute approximate surface area is 218 Å². The SMILES string of the molecule is COCCCN(CC1CCCN2CCCCC12)C(=O)Cc1c(C)c2cc3c(C)c(C)oc3cc2oc1=O. The third-order valence-electron chi connectivity index (χ3n) is 8.72. The number of fused-ring (bicyclic) bond motifs is 3. The quantitative estimate of drug-likeness (QED) is 0.310. The summed E-state index contributed by atoms with van der Waals surface area (Å²) >= 11 is 0. The number of hydrogen-bond donors (Lipinski definition) is 0. The molecule has 0 spiro atoms. The molecule has 7 heteroatoms.